The molecule has 0 amide bonds. The van der Waals surface area contributed by atoms with E-state index >= 15 is 0 Å². The lowest BCUT2D eigenvalue weighted by Gasteiger charge is -2.70. The van der Waals surface area contributed by atoms with E-state index in [0.29, 0.717) is 17.4 Å². The second-order valence-electron chi connectivity index (χ2n) is 13.4. The molecule has 2 atom stereocenters. The molecule has 2 aromatic carbocycles. The first-order valence-electron chi connectivity index (χ1n) is 13.2. The highest BCUT2D eigenvalue weighted by Crippen LogP contribution is 2.74. The van der Waals surface area contributed by atoms with Crippen molar-refractivity contribution in [2.24, 2.45) is 16.7 Å². The SMILES string of the molecule is Cc1cc(C23CC4CC(c5cc(C)c(OC#N)c(C)c5)(C2)CC(C(C)(C)C)(C4)C3)cc(C)c1OC#N. The Kier molecular flexibility index (Phi) is 5.50. The van der Waals surface area contributed by atoms with Crippen LogP contribution in [0.4, 0.5) is 0 Å². The van der Waals surface area contributed by atoms with E-state index in [0.717, 1.165) is 28.7 Å². The number of hydrogen-bond acceptors (Lipinski definition) is 4. The third kappa shape index (κ3) is 3.53. The van der Waals surface area contributed by atoms with E-state index in [1.54, 1.807) is 0 Å². The highest BCUT2D eigenvalue weighted by Gasteiger charge is 2.66. The molecule has 0 aliphatic heterocycles. The lowest BCUT2D eigenvalue weighted by Crippen LogP contribution is -2.63. The molecule has 4 fully saturated rings. The maximum atomic E-state index is 9.15. The zero-order valence-corrected chi connectivity index (χ0v) is 22.8. The molecule has 4 heteroatoms. The van der Waals surface area contributed by atoms with E-state index in [1.807, 2.05) is 12.5 Å². The quantitative estimate of drug-likeness (QED) is 0.416. The number of nitrogens with zero attached hydrogens (tertiary/aromatic N) is 2. The van der Waals surface area contributed by atoms with Gasteiger partial charge in [0.1, 0.15) is 11.5 Å². The van der Waals surface area contributed by atoms with Crippen LogP contribution in [0.2, 0.25) is 0 Å². The van der Waals surface area contributed by atoms with Crippen LogP contribution in [0.5, 0.6) is 11.5 Å². The molecule has 0 N–H and O–H groups in total. The summed E-state index contributed by atoms with van der Waals surface area (Å²) in [4.78, 5) is 0. The van der Waals surface area contributed by atoms with Crippen LogP contribution in [0.15, 0.2) is 24.3 Å². The standard InChI is InChI=1S/C32H38N2O2/c1-20-8-25(9-21(2)27(20)35-18-33)30-12-24-13-31(15-30,17-32(14-24,16-30)29(5,6)7)26-10-22(3)28(36-19-34)23(4)11-26/h8-11,24H,12-17H2,1-7H3. The highest BCUT2D eigenvalue weighted by molar-refractivity contribution is 5.51. The topological polar surface area (TPSA) is 66.0 Å². The van der Waals surface area contributed by atoms with Crippen molar-refractivity contribution in [2.75, 3.05) is 0 Å². The minimum absolute atomic E-state index is 0.108. The zero-order valence-electron chi connectivity index (χ0n) is 22.8. The van der Waals surface area contributed by atoms with Crippen LogP contribution in [0.1, 0.15) is 92.7 Å². The Bertz CT molecular complexity index is 1190. The molecule has 4 bridgehead atoms. The average Bonchev–Trinajstić information content (AvgIpc) is 2.77. The predicted octanol–water partition coefficient (Wildman–Crippen LogP) is 7.85. The molecule has 4 nitrogen and oxygen atoms in total. The van der Waals surface area contributed by atoms with E-state index in [2.05, 4.69) is 72.7 Å². The first kappa shape index (κ1) is 24.7. The van der Waals surface area contributed by atoms with Gasteiger partial charge in [0.15, 0.2) is 0 Å². The van der Waals surface area contributed by atoms with Gasteiger partial charge in [0, 0.05) is 0 Å². The van der Waals surface area contributed by atoms with Crippen molar-refractivity contribution in [1.29, 1.82) is 10.5 Å². The number of hydrogen-bond donors (Lipinski definition) is 0. The molecule has 0 saturated heterocycles. The minimum atomic E-state index is 0.108. The number of benzene rings is 2. The Morgan fingerprint density at radius 1 is 0.694 bits per heavy atom. The lowest BCUT2D eigenvalue weighted by atomic mass is 9.34. The van der Waals surface area contributed by atoms with Gasteiger partial charge in [-0.1, -0.05) is 45.0 Å². The molecule has 4 aliphatic carbocycles. The van der Waals surface area contributed by atoms with E-state index in [1.165, 1.54) is 43.2 Å². The van der Waals surface area contributed by atoms with Gasteiger partial charge in [0.25, 0.3) is 12.5 Å². The smallest absolute Gasteiger partial charge is 0.292 e. The third-order valence-electron chi connectivity index (χ3n) is 10.1. The van der Waals surface area contributed by atoms with E-state index in [4.69, 9.17) is 20.0 Å². The van der Waals surface area contributed by atoms with Gasteiger partial charge in [0.2, 0.25) is 0 Å². The number of aryl methyl sites for hydroxylation is 4. The zero-order chi connectivity index (χ0) is 26.1. The molecule has 0 aromatic heterocycles. The first-order valence-corrected chi connectivity index (χ1v) is 13.2. The molecule has 188 valence electrons. The number of ether oxygens (including phenoxy) is 2. The second-order valence-corrected chi connectivity index (χ2v) is 13.4. The highest BCUT2D eigenvalue weighted by atomic mass is 16.5. The van der Waals surface area contributed by atoms with Gasteiger partial charge in [-0.2, -0.15) is 0 Å². The van der Waals surface area contributed by atoms with Crippen LogP contribution < -0.4 is 9.47 Å². The summed E-state index contributed by atoms with van der Waals surface area (Å²) in [5, 5.41) is 18.3. The maximum absolute atomic E-state index is 9.15. The molecule has 0 heterocycles. The van der Waals surface area contributed by atoms with Gasteiger partial charge in [-0.15, -0.1) is 10.5 Å². The summed E-state index contributed by atoms with van der Waals surface area (Å²) in [5.74, 6) is 2.09. The van der Waals surface area contributed by atoms with Crippen LogP contribution >= 0.6 is 0 Å². The molecule has 4 saturated carbocycles. The van der Waals surface area contributed by atoms with Crippen molar-refractivity contribution in [1.82, 2.24) is 0 Å². The van der Waals surface area contributed by atoms with Crippen molar-refractivity contribution in [2.45, 2.75) is 97.8 Å². The van der Waals surface area contributed by atoms with Crippen molar-refractivity contribution in [3.63, 3.8) is 0 Å². The van der Waals surface area contributed by atoms with Crippen LogP contribution in [0.3, 0.4) is 0 Å². The van der Waals surface area contributed by atoms with Crippen LogP contribution in [-0.2, 0) is 10.8 Å². The van der Waals surface area contributed by atoms with E-state index in [9.17, 15) is 0 Å². The van der Waals surface area contributed by atoms with Gasteiger partial charge < -0.3 is 9.47 Å². The predicted molar refractivity (Wildman–Crippen MR) is 141 cm³/mol. The molecule has 2 aromatic rings. The van der Waals surface area contributed by atoms with Crippen LogP contribution in [0, 0.1) is 67.5 Å². The minimum Gasteiger partial charge on any atom is -0.387 e. The Labute approximate surface area is 216 Å². The summed E-state index contributed by atoms with van der Waals surface area (Å²) in [5.41, 5.74) is 7.71. The molecular formula is C32H38N2O2. The summed E-state index contributed by atoms with van der Waals surface area (Å²) >= 11 is 0. The first-order chi connectivity index (χ1) is 16.9. The van der Waals surface area contributed by atoms with Gasteiger partial charge in [-0.25, -0.2) is 0 Å². The van der Waals surface area contributed by atoms with Crippen molar-refractivity contribution in [3.05, 3.63) is 57.6 Å². The van der Waals surface area contributed by atoms with Crippen LogP contribution in [0.25, 0.3) is 0 Å². The fourth-order valence-electron chi connectivity index (χ4n) is 8.84. The average molecular weight is 483 g/mol. The number of rotatable bonds is 4. The maximum Gasteiger partial charge on any atom is 0.292 e. The molecule has 0 spiro atoms. The van der Waals surface area contributed by atoms with E-state index in [-0.39, 0.29) is 21.7 Å². The van der Waals surface area contributed by atoms with Crippen molar-refractivity contribution in [3.8, 4) is 24.0 Å². The number of nitriles is 2. The largest absolute Gasteiger partial charge is 0.387 e. The molecule has 6 rings (SSSR count). The summed E-state index contributed by atoms with van der Waals surface area (Å²) < 4.78 is 10.7. The fourth-order valence-corrected chi connectivity index (χ4v) is 8.84. The van der Waals surface area contributed by atoms with Gasteiger partial charge in [-0.05, 0) is 127 Å². The Morgan fingerprint density at radius 3 is 1.42 bits per heavy atom. The summed E-state index contributed by atoms with van der Waals surface area (Å²) in [7, 11) is 0. The second kappa shape index (κ2) is 8.01. The van der Waals surface area contributed by atoms with Crippen molar-refractivity contribution < 1.29 is 9.47 Å². The Balaban J connectivity index is 1.69. The summed E-state index contributed by atoms with van der Waals surface area (Å²) in [6.07, 6.45) is 11.1. The summed E-state index contributed by atoms with van der Waals surface area (Å²) in [6.45, 7) is 15.6. The lowest BCUT2D eigenvalue weighted by molar-refractivity contribution is -0.141. The van der Waals surface area contributed by atoms with Crippen molar-refractivity contribution >= 4 is 0 Å². The molecule has 4 aliphatic rings. The van der Waals surface area contributed by atoms with Gasteiger partial charge in [0.05, 0.1) is 0 Å². The third-order valence-corrected chi connectivity index (χ3v) is 10.1. The van der Waals surface area contributed by atoms with Gasteiger partial charge in [-0.3, -0.25) is 0 Å². The molecule has 2 unspecified atom stereocenters. The van der Waals surface area contributed by atoms with Gasteiger partial charge >= 0.3 is 0 Å². The normalized spacial score (nSPS) is 30.5. The van der Waals surface area contributed by atoms with Crippen LogP contribution in [-0.4, -0.2) is 0 Å². The molecule has 36 heavy (non-hydrogen) atoms. The monoisotopic (exact) mass is 482 g/mol. The van der Waals surface area contributed by atoms with E-state index < -0.39 is 0 Å². The molecular weight excluding hydrogens is 444 g/mol. The fraction of sp³-hybridized carbons (Fsp3) is 0.562. The molecule has 0 radical (unpaired) electrons. The summed E-state index contributed by atoms with van der Waals surface area (Å²) in [6, 6.07) is 9.21. The Hall–Kier alpha value is -2.98. The Morgan fingerprint density at radius 2 is 1.08 bits per heavy atom.